The van der Waals surface area contributed by atoms with E-state index in [-0.39, 0.29) is 36.3 Å². The van der Waals surface area contributed by atoms with Crippen LogP contribution in [0.4, 0.5) is 0 Å². The van der Waals surface area contributed by atoms with Gasteiger partial charge >= 0.3 is 0 Å². The molecular formula is C23H26N4O3S. The summed E-state index contributed by atoms with van der Waals surface area (Å²) in [6, 6.07) is 7.58. The molecule has 8 heteroatoms. The minimum atomic E-state index is -0.469. The van der Waals surface area contributed by atoms with Crippen LogP contribution in [-0.2, 0) is 16.1 Å². The van der Waals surface area contributed by atoms with Gasteiger partial charge in [0.2, 0.25) is 11.8 Å². The maximum atomic E-state index is 13.2. The summed E-state index contributed by atoms with van der Waals surface area (Å²) < 4.78 is 1.50. The molecule has 162 valence electrons. The van der Waals surface area contributed by atoms with Gasteiger partial charge < -0.3 is 10.2 Å². The van der Waals surface area contributed by atoms with Crippen molar-refractivity contribution in [3.05, 3.63) is 51.9 Å². The maximum Gasteiger partial charge on any atom is 0.262 e. The van der Waals surface area contributed by atoms with Crippen molar-refractivity contribution < 1.29 is 9.59 Å². The van der Waals surface area contributed by atoms with E-state index in [0.29, 0.717) is 23.3 Å². The fraction of sp³-hybridized carbons (Fsp3) is 0.391. The van der Waals surface area contributed by atoms with Crippen LogP contribution in [0.3, 0.4) is 0 Å². The molecule has 0 radical (unpaired) electrons. The van der Waals surface area contributed by atoms with Gasteiger partial charge in [0, 0.05) is 37.0 Å². The molecular weight excluding hydrogens is 412 g/mol. The molecule has 3 heterocycles. The quantitative estimate of drug-likeness (QED) is 0.664. The Morgan fingerprint density at radius 1 is 1.26 bits per heavy atom. The second-order valence-corrected chi connectivity index (χ2v) is 9.11. The number of carbonyl (C=O) groups excluding carboxylic acids is 2. The molecule has 2 aromatic heterocycles. The van der Waals surface area contributed by atoms with E-state index in [4.69, 9.17) is 0 Å². The standard InChI is InChI=1S/C23H26N4O3S/c1-14(2)20-21(29)24-9-11-27(20)18(28)8-10-26-13-25-22-19(23(26)30)17(12-31-22)16-6-4-15(3)5-7-16/h4-7,12-14,20H,8-11H2,1-3H3,(H,24,29). The van der Waals surface area contributed by atoms with Gasteiger partial charge in [0.1, 0.15) is 10.9 Å². The van der Waals surface area contributed by atoms with E-state index in [2.05, 4.69) is 10.3 Å². The first-order valence-corrected chi connectivity index (χ1v) is 11.4. The number of hydrogen-bond donors (Lipinski definition) is 1. The molecule has 1 unspecified atom stereocenters. The molecule has 0 saturated carbocycles. The van der Waals surface area contributed by atoms with Crippen molar-refractivity contribution in [2.75, 3.05) is 13.1 Å². The number of fused-ring (bicyclic) bond motifs is 1. The molecule has 0 bridgehead atoms. The molecule has 1 N–H and O–H groups in total. The Balaban J connectivity index is 1.58. The van der Waals surface area contributed by atoms with E-state index in [1.54, 1.807) is 4.90 Å². The highest BCUT2D eigenvalue weighted by Gasteiger charge is 2.34. The van der Waals surface area contributed by atoms with Crippen molar-refractivity contribution in [1.82, 2.24) is 19.8 Å². The summed E-state index contributed by atoms with van der Waals surface area (Å²) in [5.74, 6) is -0.214. The Hall–Kier alpha value is -3.00. The van der Waals surface area contributed by atoms with E-state index in [0.717, 1.165) is 16.7 Å². The third-order valence-electron chi connectivity index (χ3n) is 5.70. The zero-order valence-corrected chi connectivity index (χ0v) is 18.7. The van der Waals surface area contributed by atoms with Gasteiger partial charge in [-0.15, -0.1) is 11.3 Å². The Morgan fingerprint density at radius 3 is 2.71 bits per heavy atom. The van der Waals surface area contributed by atoms with Gasteiger partial charge in [-0.05, 0) is 18.4 Å². The Labute approximate surface area is 184 Å². The van der Waals surface area contributed by atoms with Gasteiger partial charge in [-0.25, -0.2) is 4.98 Å². The molecule has 1 atom stereocenters. The van der Waals surface area contributed by atoms with Gasteiger partial charge in [-0.1, -0.05) is 43.7 Å². The van der Waals surface area contributed by atoms with Crippen LogP contribution < -0.4 is 10.9 Å². The molecule has 0 aliphatic carbocycles. The van der Waals surface area contributed by atoms with Crippen LogP contribution >= 0.6 is 11.3 Å². The summed E-state index contributed by atoms with van der Waals surface area (Å²) in [5.41, 5.74) is 2.85. The van der Waals surface area contributed by atoms with Crippen LogP contribution in [0.5, 0.6) is 0 Å². The van der Waals surface area contributed by atoms with Gasteiger partial charge in [0.15, 0.2) is 0 Å². The molecule has 0 spiro atoms. The molecule has 1 aliphatic rings. The van der Waals surface area contributed by atoms with Crippen molar-refractivity contribution in [2.45, 2.75) is 39.8 Å². The second kappa shape index (κ2) is 8.63. The third-order valence-corrected chi connectivity index (χ3v) is 6.58. The third kappa shape index (κ3) is 4.12. The minimum Gasteiger partial charge on any atom is -0.353 e. The molecule has 1 aromatic carbocycles. The monoisotopic (exact) mass is 438 g/mol. The Bertz CT molecular complexity index is 1180. The first kappa shape index (κ1) is 21.2. The largest absolute Gasteiger partial charge is 0.353 e. The van der Waals surface area contributed by atoms with Crippen LogP contribution in [0.15, 0.2) is 40.8 Å². The number of aromatic nitrogens is 2. The lowest BCUT2D eigenvalue weighted by molar-refractivity contribution is -0.145. The lowest BCUT2D eigenvalue weighted by Gasteiger charge is -2.37. The maximum absolute atomic E-state index is 13.2. The molecule has 1 aliphatic heterocycles. The molecule has 4 rings (SSSR count). The van der Waals surface area contributed by atoms with Gasteiger partial charge in [0.25, 0.3) is 5.56 Å². The molecule has 3 aromatic rings. The number of rotatable bonds is 5. The smallest absolute Gasteiger partial charge is 0.262 e. The average Bonchev–Trinajstić information content (AvgIpc) is 3.18. The van der Waals surface area contributed by atoms with E-state index in [1.807, 2.05) is 50.4 Å². The van der Waals surface area contributed by atoms with Crippen LogP contribution in [0, 0.1) is 12.8 Å². The summed E-state index contributed by atoms with van der Waals surface area (Å²) in [6.45, 7) is 7.06. The van der Waals surface area contributed by atoms with E-state index in [9.17, 15) is 14.4 Å². The molecule has 1 fully saturated rings. The van der Waals surface area contributed by atoms with E-state index < -0.39 is 6.04 Å². The second-order valence-electron chi connectivity index (χ2n) is 8.26. The zero-order valence-electron chi connectivity index (χ0n) is 17.9. The summed E-state index contributed by atoms with van der Waals surface area (Å²) in [4.78, 5) is 45.1. The number of nitrogens with zero attached hydrogens (tertiary/aromatic N) is 3. The van der Waals surface area contributed by atoms with Crippen molar-refractivity contribution in [2.24, 2.45) is 5.92 Å². The highest BCUT2D eigenvalue weighted by Crippen LogP contribution is 2.30. The van der Waals surface area contributed by atoms with Crippen LogP contribution in [0.2, 0.25) is 0 Å². The van der Waals surface area contributed by atoms with Gasteiger partial charge in [-0.3, -0.25) is 19.0 Å². The molecule has 2 amide bonds. The van der Waals surface area contributed by atoms with Gasteiger partial charge in [0.05, 0.1) is 11.7 Å². The van der Waals surface area contributed by atoms with Crippen molar-refractivity contribution in [3.8, 4) is 11.1 Å². The highest BCUT2D eigenvalue weighted by molar-refractivity contribution is 7.17. The first-order chi connectivity index (χ1) is 14.9. The predicted octanol–water partition coefficient (Wildman–Crippen LogP) is 2.81. The predicted molar refractivity (Wildman–Crippen MR) is 122 cm³/mol. The van der Waals surface area contributed by atoms with Crippen LogP contribution in [-0.4, -0.2) is 45.4 Å². The summed E-state index contributed by atoms with van der Waals surface area (Å²) in [5, 5.41) is 5.37. The van der Waals surface area contributed by atoms with Crippen molar-refractivity contribution >= 4 is 33.4 Å². The Kier molecular flexibility index (Phi) is 5.91. The molecule has 1 saturated heterocycles. The highest BCUT2D eigenvalue weighted by atomic mass is 32.1. The number of amides is 2. The van der Waals surface area contributed by atoms with Crippen LogP contribution in [0.1, 0.15) is 25.8 Å². The van der Waals surface area contributed by atoms with Gasteiger partial charge in [-0.2, -0.15) is 0 Å². The normalized spacial score (nSPS) is 16.7. The topological polar surface area (TPSA) is 84.3 Å². The zero-order chi connectivity index (χ0) is 22.1. The fourth-order valence-corrected chi connectivity index (χ4v) is 4.97. The number of aryl methyl sites for hydroxylation is 2. The number of nitrogens with one attached hydrogen (secondary N) is 1. The minimum absolute atomic E-state index is 0.0212. The van der Waals surface area contributed by atoms with E-state index in [1.165, 1.54) is 22.2 Å². The lowest BCUT2D eigenvalue weighted by atomic mass is 9.99. The summed E-state index contributed by atoms with van der Waals surface area (Å²) >= 11 is 1.44. The molecule has 31 heavy (non-hydrogen) atoms. The van der Waals surface area contributed by atoms with Crippen molar-refractivity contribution in [1.29, 1.82) is 0 Å². The lowest BCUT2D eigenvalue weighted by Crippen LogP contribution is -2.59. The van der Waals surface area contributed by atoms with E-state index >= 15 is 0 Å². The average molecular weight is 439 g/mol. The number of thiophene rings is 1. The number of piperazine rings is 1. The summed E-state index contributed by atoms with van der Waals surface area (Å²) in [7, 11) is 0. The fourth-order valence-electron chi connectivity index (χ4n) is 4.06. The Morgan fingerprint density at radius 2 is 2.00 bits per heavy atom. The molecule has 7 nitrogen and oxygen atoms in total. The number of benzene rings is 1. The first-order valence-electron chi connectivity index (χ1n) is 10.5. The van der Waals surface area contributed by atoms with Crippen molar-refractivity contribution in [3.63, 3.8) is 0 Å². The SMILES string of the molecule is Cc1ccc(-c2csc3ncn(CCC(=O)N4CCNC(=O)C4C(C)C)c(=O)c23)cc1. The number of hydrogen-bond acceptors (Lipinski definition) is 5. The summed E-state index contributed by atoms with van der Waals surface area (Å²) in [6.07, 6.45) is 1.66. The van der Waals surface area contributed by atoms with Crippen LogP contribution in [0.25, 0.3) is 21.3 Å². The number of carbonyl (C=O) groups is 2.